The van der Waals surface area contributed by atoms with Gasteiger partial charge in [0.05, 0.1) is 19.3 Å². The first-order valence-electron chi connectivity index (χ1n) is 8.00. The molecule has 24 heavy (non-hydrogen) atoms. The molecule has 0 radical (unpaired) electrons. The standard InChI is InChI=1S/C19H21ClN2O2/c1-13-9-17(18(24-2)10-16(13)20)21-19(23)12-22-8-7-14-5-3-4-6-15(14)11-22/h3-6,9-10H,7-8,11-12H2,1-2H3,(H,21,23). The first-order valence-corrected chi connectivity index (χ1v) is 8.37. The fourth-order valence-electron chi connectivity index (χ4n) is 3.01. The molecule has 0 atom stereocenters. The lowest BCUT2D eigenvalue weighted by atomic mass is 10.00. The summed E-state index contributed by atoms with van der Waals surface area (Å²) in [6.45, 7) is 3.96. The van der Waals surface area contributed by atoms with Crippen molar-refractivity contribution in [3.63, 3.8) is 0 Å². The maximum absolute atomic E-state index is 12.4. The minimum atomic E-state index is -0.0468. The lowest BCUT2D eigenvalue weighted by Gasteiger charge is -2.28. The van der Waals surface area contributed by atoms with E-state index in [1.807, 2.05) is 19.1 Å². The number of carbonyl (C=O) groups is 1. The van der Waals surface area contributed by atoms with Gasteiger partial charge in [0.25, 0.3) is 0 Å². The van der Waals surface area contributed by atoms with E-state index in [-0.39, 0.29) is 5.91 Å². The first kappa shape index (κ1) is 16.8. The van der Waals surface area contributed by atoms with Crippen molar-refractivity contribution in [2.45, 2.75) is 19.9 Å². The first-order chi connectivity index (χ1) is 11.6. The number of benzene rings is 2. The zero-order valence-electron chi connectivity index (χ0n) is 13.9. The molecule has 2 aromatic rings. The van der Waals surface area contributed by atoms with Crippen molar-refractivity contribution in [1.82, 2.24) is 4.90 Å². The Balaban J connectivity index is 1.66. The van der Waals surface area contributed by atoms with Crippen LogP contribution in [0.3, 0.4) is 0 Å². The Morgan fingerprint density at radius 2 is 2.04 bits per heavy atom. The number of nitrogens with zero attached hydrogens (tertiary/aromatic N) is 1. The summed E-state index contributed by atoms with van der Waals surface area (Å²) in [6.07, 6.45) is 0.979. The van der Waals surface area contributed by atoms with Gasteiger partial charge in [-0.05, 0) is 36.1 Å². The lowest BCUT2D eigenvalue weighted by Crippen LogP contribution is -2.37. The Bertz CT molecular complexity index is 761. The van der Waals surface area contributed by atoms with Crippen LogP contribution in [-0.4, -0.2) is 31.0 Å². The number of methoxy groups -OCH3 is 1. The number of anilines is 1. The van der Waals surface area contributed by atoms with Gasteiger partial charge in [0.2, 0.25) is 5.91 Å². The SMILES string of the molecule is COc1cc(Cl)c(C)cc1NC(=O)CN1CCc2ccccc2C1. The second kappa shape index (κ2) is 7.24. The van der Waals surface area contributed by atoms with Crippen LogP contribution in [0.5, 0.6) is 5.75 Å². The second-order valence-electron chi connectivity index (χ2n) is 6.08. The number of halogens is 1. The highest BCUT2D eigenvalue weighted by Crippen LogP contribution is 2.31. The molecule has 4 nitrogen and oxygen atoms in total. The van der Waals surface area contributed by atoms with Gasteiger partial charge in [-0.2, -0.15) is 0 Å². The Labute approximate surface area is 147 Å². The summed E-state index contributed by atoms with van der Waals surface area (Å²) in [5, 5.41) is 3.56. The topological polar surface area (TPSA) is 41.6 Å². The lowest BCUT2D eigenvalue weighted by molar-refractivity contribution is -0.117. The third-order valence-corrected chi connectivity index (χ3v) is 4.74. The number of ether oxygens (including phenoxy) is 1. The Hall–Kier alpha value is -2.04. The minimum Gasteiger partial charge on any atom is -0.495 e. The van der Waals surface area contributed by atoms with E-state index in [4.69, 9.17) is 16.3 Å². The van der Waals surface area contributed by atoms with Crippen LogP contribution in [0, 0.1) is 6.92 Å². The second-order valence-corrected chi connectivity index (χ2v) is 6.49. The average molecular weight is 345 g/mol. The van der Waals surface area contributed by atoms with Crippen molar-refractivity contribution in [2.24, 2.45) is 0 Å². The van der Waals surface area contributed by atoms with Crippen LogP contribution in [0.4, 0.5) is 5.69 Å². The molecule has 0 saturated carbocycles. The number of hydrogen-bond donors (Lipinski definition) is 1. The van der Waals surface area contributed by atoms with E-state index in [2.05, 4.69) is 28.4 Å². The van der Waals surface area contributed by atoms with Crippen LogP contribution in [0.1, 0.15) is 16.7 Å². The van der Waals surface area contributed by atoms with Gasteiger partial charge in [-0.3, -0.25) is 9.69 Å². The quantitative estimate of drug-likeness (QED) is 0.920. The summed E-state index contributed by atoms with van der Waals surface area (Å²) >= 11 is 6.10. The molecular formula is C19H21ClN2O2. The molecule has 2 aromatic carbocycles. The highest BCUT2D eigenvalue weighted by molar-refractivity contribution is 6.31. The fourth-order valence-corrected chi connectivity index (χ4v) is 3.17. The van der Waals surface area contributed by atoms with Crippen LogP contribution in [0.25, 0.3) is 0 Å². The number of fused-ring (bicyclic) bond motifs is 1. The van der Waals surface area contributed by atoms with Gasteiger partial charge in [-0.1, -0.05) is 35.9 Å². The number of nitrogens with one attached hydrogen (secondary N) is 1. The zero-order chi connectivity index (χ0) is 17.1. The third kappa shape index (κ3) is 3.71. The number of aryl methyl sites for hydroxylation is 1. The summed E-state index contributed by atoms with van der Waals surface area (Å²) in [4.78, 5) is 14.6. The molecule has 0 saturated heterocycles. The van der Waals surface area contributed by atoms with Crippen LogP contribution in [0.2, 0.25) is 5.02 Å². The van der Waals surface area contributed by atoms with Crippen molar-refractivity contribution in [2.75, 3.05) is 25.5 Å². The van der Waals surface area contributed by atoms with Gasteiger partial charge in [0.1, 0.15) is 5.75 Å². The molecule has 1 heterocycles. The van der Waals surface area contributed by atoms with E-state index < -0.39 is 0 Å². The number of carbonyl (C=O) groups excluding carboxylic acids is 1. The molecule has 1 aliphatic heterocycles. The smallest absolute Gasteiger partial charge is 0.238 e. The minimum absolute atomic E-state index is 0.0468. The van der Waals surface area contributed by atoms with Crippen LogP contribution >= 0.6 is 11.6 Å². The molecule has 0 bridgehead atoms. The van der Waals surface area contributed by atoms with E-state index in [0.717, 1.165) is 25.1 Å². The maximum Gasteiger partial charge on any atom is 0.238 e. The summed E-state index contributed by atoms with van der Waals surface area (Å²) in [5.41, 5.74) is 4.24. The van der Waals surface area contributed by atoms with Gasteiger partial charge in [0.15, 0.2) is 0 Å². The predicted octanol–water partition coefficient (Wildman–Crippen LogP) is 3.65. The summed E-state index contributed by atoms with van der Waals surface area (Å²) in [6, 6.07) is 12.0. The van der Waals surface area contributed by atoms with E-state index in [0.29, 0.717) is 23.0 Å². The number of hydrogen-bond acceptors (Lipinski definition) is 3. The molecule has 0 spiro atoms. The van der Waals surface area contributed by atoms with E-state index >= 15 is 0 Å². The predicted molar refractivity (Wildman–Crippen MR) is 96.8 cm³/mol. The Morgan fingerprint density at radius 3 is 2.79 bits per heavy atom. The van der Waals surface area contributed by atoms with Crippen molar-refractivity contribution < 1.29 is 9.53 Å². The molecule has 0 aliphatic carbocycles. The molecule has 126 valence electrons. The molecule has 5 heteroatoms. The molecule has 1 aliphatic rings. The molecule has 0 unspecified atom stereocenters. The molecule has 0 fully saturated rings. The van der Waals surface area contributed by atoms with Crippen molar-refractivity contribution in [1.29, 1.82) is 0 Å². The molecular weight excluding hydrogens is 324 g/mol. The number of rotatable bonds is 4. The maximum atomic E-state index is 12.4. The summed E-state index contributed by atoms with van der Waals surface area (Å²) in [5.74, 6) is 0.525. The van der Waals surface area contributed by atoms with Crippen molar-refractivity contribution >= 4 is 23.2 Å². The van der Waals surface area contributed by atoms with Crippen molar-refractivity contribution in [3.8, 4) is 5.75 Å². The Morgan fingerprint density at radius 1 is 1.29 bits per heavy atom. The Kier molecular flexibility index (Phi) is 5.07. The monoisotopic (exact) mass is 344 g/mol. The van der Waals surface area contributed by atoms with E-state index in [1.165, 1.54) is 11.1 Å². The largest absolute Gasteiger partial charge is 0.495 e. The molecule has 1 amide bonds. The van der Waals surface area contributed by atoms with Gasteiger partial charge in [-0.15, -0.1) is 0 Å². The average Bonchev–Trinajstić information content (AvgIpc) is 2.57. The van der Waals surface area contributed by atoms with Crippen molar-refractivity contribution in [3.05, 3.63) is 58.1 Å². The molecule has 3 rings (SSSR count). The summed E-state index contributed by atoms with van der Waals surface area (Å²) in [7, 11) is 1.57. The fraction of sp³-hybridized carbons (Fsp3) is 0.316. The van der Waals surface area contributed by atoms with Gasteiger partial charge < -0.3 is 10.1 Å². The van der Waals surface area contributed by atoms with Gasteiger partial charge >= 0.3 is 0 Å². The molecule has 0 aromatic heterocycles. The van der Waals surface area contributed by atoms with Crippen LogP contribution in [-0.2, 0) is 17.8 Å². The van der Waals surface area contributed by atoms with Gasteiger partial charge in [0, 0.05) is 24.2 Å². The van der Waals surface area contributed by atoms with Crippen LogP contribution in [0.15, 0.2) is 36.4 Å². The number of amides is 1. The van der Waals surface area contributed by atoms with Gasteiger partial charge in [-0.25, -0.2) is 0 Å². The van der Waals surface area contributed by atoms with E-state index in [9.17, 15) is 4.79 Å². The highest BCUT2D eigenvalue weighted by atomic mass is 35.5. The summed E-state index contributed by atoms with van der Waals surface area (Å²) < 4.78 is 5.31. The van der Waals surface area contributed by atoms with E-state index in [1.54, 1.807) is 13.2 Å². The normalized spacial score (nSPS) is 14.1. The molecule has 1 N–H and O–H groups in total. The third-order valence-electron chi connectivity index (χ3n) is 4.33. The highest BCUT2D eigenvalue weighted by Gasteiger charge is 2.19. The van der Waals surface area contributed by atoms with Crippen LogP contribution < -0.4 is 10.1 Å². The zero-order valence-corrected chi connectivity index (χ0v) is 14.7.